The maximum Gasteiger partial charge on any atom is 0.355 e. The lowest BCUT2D eigenvalue weighted by Crippen LogP contribution is -2.22. The molecule has 7 heteroatoms. The molecule has 0 amide bonds. The molecule has 0 aliphatic heterocycles. The summed E-state index contributed by atoms with van der Waals surface area (Å²) in [5.74, 6) is -0.520. The lowest BCUT2D eigenvalue weighted by molar-refractivity contribution is 0.0691. The fourth-order valence-electron chi connectivity index (χ4n) is 1.04. The Labute approximate surface area is 94.0 Å². The molecule has 0 bridgehead atoms. The van der Waals surface area contributed by atoms with Gasteiger partial charge in [0.05, 0.1) is 0 Å². The summed E-state index contributed by atoms with van der Waals surface area (Å²) in [6.07, 6.45) is 1.63. The van der Waals surface area contributed by atoms with E-state index in [0.717, 1.165) is 0 Å². The quantitative estimate of drug-likeness (QED) is 0.813. The Kier molecular flexibility index (Phi) is 4.22. The van der Waals surface area contributed by atoms with Gasteiger partial charge in [-0.05, 0) is 6.92 Å². The van der Waals surface area contributed by atoms with Crippen molar-refractivity contribution in [1.82, 2.24) is 4.98 Å². The van der Waals surface area contributed by atoms with Crippen molar-refractivity contribution in [3.05, 3.63) is 11.1 Å². The number of rotatable bonds is 5. The van der Waals surface area contributed by atoms with Crippen molar-refractivity contribution in [2.24, 2.45) is 0 Å². The predicted molar refractivity (Wildman–Crippen MR) is 61.1 cm³/mol. The van der Waals surface area contributed by atoms with E-state index in [1.807, 2.05) is 6.92 Å². The van der Waals surface area contributed by atoms with Crippen LogP contribution in [0.2, 0.25) is 0 Å². The number of aromatic carboxylic acids is 1. The van der Waals surface area contributed by atoms with Gasteiger partial charge in [-0.2, -0.15) is 0 Å². The van der Waals surface area contributed by atoms with Crippen LogP contribution in [0.25, 0.3) is 0 Å². The Morgan fingerprint density at radius 2 is 2.47 bits per heavy atom. The zero-order valence-electron chi connectivity index (χ0n) is 8.39. The first kappa shape index (κ1) is 12.1. The molecule has 1 aromatic rings. The van der Waals surface area contributed by atoms with Gasteiger partial charge in [0.15, 0.2) is 10.8 Å². The third-order valence-corrected chi connectivity index (χ3v) is 3.32. The molecular formula is C8H12N2O3S2. The maximum atomic E-state index is 10.9. The molecule has 2 atom stereocenters. The Morgan fingerprint density at radius 3 is 2.93 bits per heavy atom. The zero-order valence-corrected chi connectivity index (χ0v) is 10.0. The van der Waals surface area contributed by atoms with Crippen molar-refractivity contribution in [3.63, 3.8) is 0 Å². The number of hydrogen-bond donors (Lipinski definition) is 2. The van der Waals surface area contributed by atoms with Gasteiger partial charge in [0.25, 0.3) is 0 Å². The summed E-state index contributed by atoms with van der Waals surface area (Å²) in [6.45, 7) is 1.88. The Balaban J connectivity index is 2.57. The van der Waals surface area contributed by atoms with Gasteiger partial charge in [0.2, 0.25) is 0 Å². The van der Waals surface area contributed by atoms with Crippen LogP contribution in [0.3, 0.4) is 0 Å². The Hall–Kier alpha value is -0.950. The number of nitrogens with one attached hydrogen (secondary N) is 1. The van der Waals surface area contributed by atoms with Gasteiger partial charge in [-0.3, -0.25) is 4.21 Å². The largest absolute Gasteiger partial charge is 0.476 e. The standard InChI is InChI=1S/C8H12N2O3S2/c1-5(4-15(2)13)9-8-10-6(3-14-8)7(11)12/h3,5H,4H2,1-2H3,(H,9,10)(H,11,12). The molecule has 0 aliphatic rings. The average molecular weight is 248 g/mol. The highest BCUT2D eigenvalue weighted by molar-refractivity contribution is 7.84. The van der Waals surface area contributed by atoms with Crippen molar-refractivity contribution < 1.29 is 14.1 Å². The van der Waals surface area contributed by atoms with E-state index in [2.05, 4.69) is 10.3 Å². The van der Waals surface area contributed by atoms with E-state index in [9.17, 15) is 9.00 Å². The molecule has 0 aromatic carbocycles. The average Bonchev–Trinajstić information content (AvgIpc) is 2.50. The van der Waals surface area contributed by atoms with Crippen molar-refractivity contribution in [1.29, 1.82) is 0 Å². The minimum atomic E-state index is -1.04. The van der Waals surface area contributed by atoms with Crippen molar-refractivity contribution in [3.8, 4) is 0 Å². The van der Waals surface area contributed by atoms with Gasteiger partial charge in [0.1, 0.15) is 0 Å². The second-order valence-corrected chi connectivity index (χ2v) is 5.47. The van der Waals surface area contributed by atoms with Gasteiger partial charge >= 0.3 is 5.97 Å². The van der Waals surface area contributed by atoms with Crippen LogP contribution in [0.5, 0.6) is 0 Å². The van der Waals surface area contributed by atoms with E-state index < -0.39 is 16.8 Å². The Morgan fingerprint density at radius 1 is 1.80 bits per heavy atom. The summed E-state index contributed by atoms with van der Waals surface area (Å²) < 4.78 is 10.9. The van der Waals surface area contributed by atoms with Crippen LogP contribution in [0.1, 0.15) is 17.4 Å². The van der Waals surface area contributed by atoms with Crippen LogP contribution in [0, 0.1) is 0 Å². The highest BCUT2D eigenvalue weighted by Gasteiger charge is 2.10. The summed E-state index contributed by atoms with van der Waals surface area (Å²) in [7, 11) is -0.873. The van der Waals surface area contributed by atoms with Crippen LogP contribution in [0.15, 0.2) is 5.38 Å². The molecule has 0 aliphatic carbocycles. The Bertz CT molecular complexity index is 378. The summed E-state index contributed by atoms with van der Waals surface area (Å²) in [5.41, 5.74) is 0.0346. The highest BCUT2D eigenvalue weighted by atomic mass is 32.2. The molecule has 0 saturated carbocycles. The molecule has 1 aromatic heterocycles. The molecule has 5 nitrogen and oxygen atoms in total. The van der Waals surface area contributed by atoms with E-state index in [1.54, 1.807) is 6.26 Å². The van der Waals surface area contributed by atoms with E-state index in [-0.39, 0.29) is 11.7 Å². The topological polar surface area (TPSA) is 79.3 Å². The number of aromatic nitrogens is 1. The first-order chi connectivity index (χ1) is 6.99. The number of nitrogens with zero attached hydrogens (tertiary/aromatic N) is 1. The van der Waals surface area contributed by atoms with E-state index in [4.69, 9.17) is 5.11 Å². The van der Waals surface area contributed by atoms with Crippen molar-refractivity contribution in [2.45, 2.75) is 13.0 Å². The van der Waals surface area contributed by atoms with E-state index in [1.165, 1.54) is 16.7 Å². The first-order valence-corrected chi connectivity index (χ1v) is 6.85. The number of carbonyl (C=O) groups is 1. The second kappa shape index (κ2) is 5.22. The molecule has 2 N–H and O–H groups in total. The van der Waals surface area contributed by atoms with Crippen LogP contribution in [-0.2, 0) is 10.8 Å². The minimum Gasteiger partial charge on any atom is -0.476 e. The summed E-state index contributed by atoms with van der Waals surface area (Å²) in [6, 6.07) is 0.0172. The summed E-state index contributed by atoms with van der Waals surface area (Å²) in [5, 5.41) is 13.7. The summed E-state index contributed by atoms with van der Waals surface area (Å²) >= 11 is 1.23. The molecule has 0 radical (unpaired) electrons. The number of carboxylic acids is 1. The monoisotopic (exact) mass is 248 g/mol. The minimum absolute atomic E-state index is 0.0172. The lowest BCUT2D eigenvalue weighted by atomic mass is 10.4. The normalized spacial score (nSPS) is 14.5. The molecule has 0 saturated heterocycles. The van der Waals surface area contributed by atoms with E-state index >= 15 is 0 Å². The molecule has 2 unspecified atom stereocenters. The summed E-state index contributed by atoms with van der Waals surface area (Å²) in [4.78, 5) is 14.4. The number of carboxylic acid groups (broad SMARTS) is 1. The molecular weight excluding hydrogens is 236 g/mol. The second-order valence-electron chi connectivity index (χ2n) is 3.13. The molecule has 0 fully saturated rings. The first-order valence-electron chi connectivity index (χ1n) is 4.24. The van der Waals surface area contributed by atoms with Gasteiger partial charge in [0, 0.05) is 34.2 Å². The van der Waals surface area contributed by atoms with E-state index in [0.29, 0.717) is 10.9 Å². The van der Waals surface area contributed by atoms with Gasteiger partial charge in [-0.15, -0.1) is 11.3 Å². The van der Waals surface area contributed by atoms with Crippen molar-refractivity contribution in [2.75, 3.05) is 17.3 Å². The number of thiazole rings is 1. The highest BCUT2D eigenvalue weighted by Crippen LogP contribution is 2.16. The van der Waals surface area contributed by atoms with Crippen LogP contribution < -0.4 is 5.32 Å². The fraction of sp³-hybridized carbons (Fsp3) is 0.500. The third-order valence-electron chi connectivity index (χ3n) is 1.58. The molecule has 1 heterocycles. The van der Waals surface area contributed by atoms with Gasteiger partial charge in [-0.25, -0.2) is 9.78 Å². The maximum absolute atomic E-state index is 10.9. The SMILES string of the molecule is CC(CS(C)=O)Nc1nc(C(=O)O)cs1. The number of anilines is 1. The zero-order chi connectivity index (χ0) is 11.4. The molecule has 15 heavy (non-hydrogen) atoms. The molecule has 1 rings (SSSR count). The number of hydrogen-bond acceptors (Lipinski definition) is 5. The van der Waals surface area contributed by atoms with Crippen LogP contribution >= 0.6 is 11.3 Å². The smallest absolute Gasteiger partial charge is 0.355 e. The predicted octanol–water partition coefficient (Wildman–Crippen LogP) is 1.02. The van der Waals surface area contributed by atoms with Crippen molar-refractivity contribution >= 4 is 33.2 Å². The molecule has 0 spiro atoms. The fourth-order valence-corrected chi connectivity index (χ4v) is 2.63. The van der Waals surface area contributed by atoms with Gasteiger partial charge in [-0.1, -0.05) is 0 Å². The lowest BCUT2D eigenvalue weighted by Gasteiger charge is -2.10. The van der Waals surface area contributed by atoms with Crippen LogP contribution in [-0.4, -0.2) is 38.3 Å². The van der Waals surface area contributed by atoms with Gasteiger partial charge < -0.3 is 10.4 Å². The van der Waals surface area contributed by atoms with Crippen LogP contribution in [0.4, 0.5) is 5.13 Å². The molecule has 84 valence electrons. The third kappa shape index (κ3) is 3.96.